The van der Waals surface area contributed by atoms with Gasteiger partial charge in [-0.1, -0.05) is 0 Å². The van der Waals surface area contributed by atoms with Gasteiger partial charge in [0.05, 0.1) is 20.8 Å². The predicted molar refractivity (Wildman–Crippen MR) is 55.4 cm³/mol. The van der Waals surface area contributed by atoms with Gasteiger partial charge in [0.1, 0.15) is 5.82 Å². The second-order valence-electron chi connectivity index (χ2n) is 3.05. The van der Waals surface area contributed by atoms with Crippen molar-refractivity contribution in [3.05, 3.63) is 22.5 Å². The summed E-state index contributed by atoms with van der Waals surface area (Å²) in [5, 5.41) is 0. The van der Waals surface area contributed by atoms with Gasteiger partial charge in [-0.3, -0.25) is 4.79 Å². The molecule has 14 heavy (non-hydrogen) atoms. The third-order valence-corrected chi connectivity index (χ3v) is 3.14. The van der Waals surface area contributed by atoms with E-state index in [2.05, 4.69) is 9.97 Å². The second-order valence-corrected chi connectivity index (χ2v) is 4.10. The highest BCUT2D eigenvalue weighted by molar-refractivity contribution is 7.20. The van der Waals surface area contributed by atoms with Crippen LogP contribution in [0.2, 0.25) is 0 Å². The maximum atomic E-state index is 11.0. The zero-order chi connectivity index (χ0) is 10.3. The van der Waals surface area contributed by atoms with Crippen molar-refractivity contribution in [3.8, 4) is 0 Å². The Morgan fingerprint density at radius 3 is 2.79 bits per heavy atom. The van der Waals surface area contributed by atoms with Gasteiger partial charge in [-0.2, -0.15) is 0 Å². The van der Waals surface area contributed by atoms with E-state index < -0.39 is 5.91 Å². The maximum Gasteiger partial charge on any atom is 0.258 e. The van der Waals surface area contributed by atoms with E-state index in [0.29, 0.717) is 10.7 Å². The SMILES string of the molecule is Cc1nc(C)c2sc(C(N)=O)cc2n1. The molecule has 0 aromatic carbocycles. The quantitative estimate of drug-likeness (QED) is 0.768. The molecule has 4 nitrogen and oxygen atoms in total. The van der Waals surface area contributed by atoms with Gasteiger partial charge < -0.3 is 5.73 Å². The highest BCUT2D eigenvalue weighted by Crippen LogP contribution is 2.25. The van der Waals surface area contributed by atoms with Crippen LogP contribution < -0.4 is 5.73 Å². The molecule has 0 bridgehead atoms. The molecule has 0 saturated carbocycles. The maximum absolute atomic E-state index is 11.0. The fourth-order valence-corrected chi connectivity index (χ4v) is 2.23. The van der Waals surface area contributed by atoms with Gasteiger partial charge in [-0.15, -0.1) is 11.3 Å². The average Bonchev–Trinajstić information content (AvgIpc) is 2.47. The lowest BCUT2D eigenvalue weighted by Gasteiger charge is -1.95. The third-order valence-electron chi connectivity index (χ3n) is 1.90. The fourth-order valence-electron chi connectivity index (χ4n) is 1.34. The van der Waals surface area contributed by atoms with Crippen LogP contribution in [0, 0.1) is 13.8 Å². The van der Waals surface area contributed by atoms with Crippen molar-refractivity contribution in [2.45, 2.75) is 13.8 Å². The monoisotopic (exact) mass is 207 g/mol. The number of primary amides is 1. The standard InChI is InChI=1S/C9H9N3OS/c1-4-8-6(12-5(2)11-4)3-7(14-8)9(10)13/h3H,1-2H3,(H2,10,13). The van der Waals surface area contributed by atoms with Crippen LogP contribution in [-0.2, 0) is 0 Å². The molecular formula is C9H9N3OS. The molecule has 0 fully saturated rings. The van der Waals surface area contributed by atoms with Gasteiger partial charge in [-0.05, 0) is 19.9 Å². The Hall–Kier alpha value is -1.49. The molecular weight excluding hydrogens is 198 g/mol. The summed E-state index contributed by atoms with van der Waals surface area (Å²) in [7, 11) is 0. The van der Waals surface area contributed by atoms with E-state index in [9.17, 15) is 4.79 Å². The minimum absolute atomic E-state index is 0.412. The lowest BCUT2D eigenvalue weighted by Crippen LogP contribution is -2.08. The minimum Gasteiger partial charge on any atom is -0.365 e. The summed E-state index contributed by atoms with van der Waals surface area (Å²) in [5.74, 6) is 0.300. The van der Waals surface area contributed by atoms with Crippen LogP contribution in [-0.4, -0.2) is 15.9 Å². The molecule has 0 spiro atoms. The Morgan fingerprint density at radius 1 is 1.43 bits per heavy atom. The van der Waals surface area contributed by atoms with Gasteiger partial charge in [0.15, 0.2) is 0 Å². The molecule has 72 valence electrons. The first-order chi connectivity index (χ1) is 6.58. The summed E-state index contributed by atoms with van der Waals surface area (Å²) in [6, 6.07) is 1.71. The molecule has 2 N–H and O–H groups in total. The number of thiophene rings is 1. The number of carbonyl (C=O) groups is 1. The minimum atomic E-state index is -0.412. The van der Waals surface area contributed by atoms with E-state index >= 15 is 0 Å². The van der Waals surface area contributed by atoms with Gasteiger partial charge in [0, 0.05) is 0 Å². The zero-order valence-electron chi connectivity index (χ0n) is 7.87. The van der Waals surface area contributed by atoms with Crippen molar-refractivity contribution >= 4 is 27.5 Å². The van der Waals surface area contributed by atoms with Crippen LogP contribution in [0.15, 0.2) is 6.07 Å². The van der Waals surface area contributed by atoms with Crippen LogP contribution in [0.25, 0.3) is 10.2 Å². The first-order valence-corrected chi connectivity index (χ1v) is 4.94. The molecule has 1 amide bonds. The van der Waals surface area contributed by atoms with E-state index in [1.54, 1.807) is 6.07 Å². The molecule has 2 aromatic heterocycles. The number of hydrogen-bond donors (Lipinski definition) is 1. The number of hydrogen-bond acceptors (Lipinski definition) is 4. The first kappa shape index (κ1) is 9.08. The van der Waals surface area contributed by atoms with E-state index in [-0.39, 0.29) is 0 Å². The van der Waals surface area contributed by atoms with Crippen molar-refractivity contribution < 1.29 is 4.79 Å². The van der Waals surface area contributed by atoms with Crippen LogP contribution in [0.4, 0.5) is 0 Å². The molecule has 2 heterocycles. The molecule has 0 aliphatic carbocycles. The highest BCUT2D eigenvalue weighted by Gasteiger charge is 2.10. The lowest BCUT2D eigenvalue weighted by molar-refractivity contribution is 0.100. The second kappa shape index (κ2) is 3.02. The summed E-state index contributed by atoms with van der Waals surface area (Å²) in [5.41, 5.74) is 6.88. The van der Waals surface area contributed by atoms with Gasteiger partial charge in [0.25, 0.3) is 5.91 Å². The Kier molecular flexibility index (Phi) is 1.96. The third kappa shape index (κ3) is 1.35. The smallest absolute Gasteiger partial charge is 0.258 e. The van der Waals surface area contributed by atoms with E-state index in [4.69, 9.17) is 5.73 Å². The molecule has 0 saturated heterocycles. The van der Waals surface area contributed by atoms with Gasteiger partial charge in [-0.25, -0.2) is 9.97 Å². The van der Waals surface area contributed by atoms with Gasteiger partial charge in [0.2, 0.25) is 0 Å². The summed E-state index contributed by atoms with van der Waals surface area (Å²) in [6.07, 6.45) is 0. The number of carbonyl (C=O) groups excluding carboxylic acids is 1. The van der Waals surface area contributed by atoms with E-state index in [0.717, 1.165) is 15.9 Å². The van der Waals surface area contributed by atoms with Crippen LogP contribution in [0.1, 0.15) is 21.2 Å². The molecule has 0 aliphatic heterocycles. The van der Waals surface area contributed by atoms with Crippen molar-refractivity contribution in [2.24, 2.45) is 5.73 Å². The summed E-state index contributed by atoms with van der Waals surface area (Å²) < 4.78 is 0.935. The summed E-state index contributed by atoms with van der Waals surface area (Å²) in [6.45, 7) is 3.73. The number of nitrogens with two attached hydrogens (primary N) is 1. The van der Waals surface area contributed by atoms with Crippen LogP contribution >= 0.6 is 11.3 Å². The molecule has 2 rings (SSSR count). The summed E-state index contributed by atoms with van der Waals surface area (Å²) in [4.78, 5) is 19.9. The summed E-state index contributed by atoms with van der Waals surface area (Å²) >= 11 is 1.34. The number of fused-ring (bicyclic) bond motifs is 1. The molecule has 0 atom stereocenters. The largest absolute Gasteiger partial charge is 0.365 e. The molecule has 5 heteroatoms. The number of aromatic nitrogens is 2. The lowest BCUT2D eigenvalue weighted by atomic mass is 10.3. The number of amides is 1. The Labute approximate surface area is 84.8 Å². The Morgan fingerprint density at radius 2 is 2.14 bits per heavy atom. The molecule has 0 unspecified atom stereocenters. The Bertz CT molecular complexity index is 518. The van der Waals surface area contributed by atoms with Crippen LogP contribution in [0.3, 0.4) is 0 Å². The first-order valence-electron chi connectivity index (χ1n) is 4.12. The molecule has 0 aliphatic rings. The van der Waals surface area contributed by atoms with E-state index in [1.165, 1.54) is 11.3 Å². The topological polar surface area (TPSA) is 68.9 Å². The molecule has 2 aromatic rings. The van der Waals surface area contributed by atoms with Crippen LogP contribution in [0.5, 0.6) is 0 Å². The fraction of sp³-hybridized carbons (Fsp3) is 0.222. The zero-order valence-corrected chi connectivity index (χ0v) is 8.68. The normalized spacial score (nSPS) is 10.7. The van der Waals surface area contributed by atoms with Crippen molar-refractivity contribution in [1.29, 1.82) is 0 Å². The predicted octanol–water partition coefficient (Wildman–Crippen LogP) is 1.41. The van der Waals surface area contributed by atoms with Gasteiger partial charge >= 0.3 is 0 Å². The number of nitrogens with zero attached hydrogens (tertiary/aromatic N) is 2. The Balaban J connectivity index is 2.76. The van der Waals surface area contributed by atoms with Crippen molar-refractivity contribution in [1.82, 2.24) is 9.97 Å². The van der Waals surface area contributed by atoms with Crippen molar-refractivity contribution in [2.75, 3.05) is 0 Å². The van der Waals surface area contributed by atoms with E-state index in [1.807, 2.05) is 13.8 Å². The number of rotatable bonds is 1. The highest BCUT2D eigenvalue weighted by atomic mass is 32.1. The molecule has 0 radical (unpaired) electrons. The van der Waals surface area contributed by atoms with Crippen molar-refractivity contribution in [3.63, 3.8) is 0 Å². The number of aryl methyl sites for hydroxylation is 2. The average molecular weight is 207 g/mol.